The highest BCUT2D eigenvalue weighted by atomic mass is 16.5. The van der Waals surface area contributed by atoms with Crippen LogP contribution >= 0.6 is 0 Å². The van der Waals surface area contributed by atoms with Crippen molar-refractivity contribution in [3.63, 3.8) is 0 Å². The monoisotopic (exact) mass is 172 g/mol. The molecule has 0 aliphatic rings. The second-order valence-electron chi connectivity index (χ2n) is 3.49. The Balaban J connectivity index is 3.75. The van der Waals surface area contributed by atoms with Gasteiger partial charge in [0.1, 0.15) is 0 Å². The largest absolute Gasteiger partial charge is 0.381 e. The van der Waals surface area contributed by atoms with Gasteiger partial charge in [0.2, 0.25) is 0 Å². The van der Waals surface area contributed by atoms with Crippen molar-refractivity contribution in [3.8, 4) is 0 Å². The Hall–Kier alpha value is -0.0400. The Morgan fingerprint density at radius 3 is 2.08 bits per heavy atom. The predicted octanol–water partition coefficient (Wildman–Crippen LogP) is 3.63. The van der Waals surface area contributed by atoms with Crippen molar-refractivity contribution in [2.24, 2.45) is 5.92 Å². The molecule has 2 unspecified atom stereocenters. The van der Waals surface area contributed by atoms with Gasteiger partial charge in [-0.3, -0.25) is 0 Å². The van der Waals surface area contributed by atoms with Crippen LogP contribution in [0.15, 0.2) is 0 Å². The first-order chi connectivity index (χ1) is 5.79. The van der Waals surface area contributed by atoms with E-state index in [-0.39, 0.29) is 0 Å². The third-order valence-electron chi connectivity index (χ3n) is 2.68. The van der Waals surface area contributed by atoms with Crippen molar-refractivity contribution >= 4 is 0 Å². The van der Waals surface area contributed by atoms with Crippen LogP contribution in [0, 0.1) is 5.92 Å². The maximum Gasteiger partial charge on any atom is 0.0596 e. The van der Waals surface area contributed by atoms with Crippen LogP contribution in [0.4, 0.5) is 0 Å². The fourth-order valence-electron chi connectivity index (χ4n) is 1.81. The van der Waals surface area contributed by atoms with Gasteiger partial charge in [-0.1, -0.05) is 40.0 Å². The second-order valence-corrected chi connectivity index (χ2v) is 3.49. The molecule has 0 bridgehead atoms. The van der Waals surface area contributed by atoms with Gasteiger partial charge in [-0.05, 0) is 18.8 Å². The van der Waals surface area contributed by atoms with E-state index in [9.17, 15) is 0 Å². The van der Waals surface area contributed by atoms with E-state index in [2.05, 4.69) is 20.8 Å². The molecule has 0 spiro atoms. The lowest BCUT2D eigenvalue weighted by molar-refractivity contribution is 0.0431. The Labute approximate surface area is 77.5 Å². The predicted molar refractivity (Wildman–Crippen MR) is 54.4 cm³/mol. The lowest BCUT2D eigenvalue weighted by Gasteiger charge is -2.23. The first-order valence-electron chi connectivity index (χ1n) is 5.32. The third-order valence-corrected chi connectivity index (χ3v) is 2.68. The van der Waals surface area contributed by atoms with Gasteiger partial charge < -0.3 is 4.74 Å². The molecule has 0 amide bonds. The highest BCUT2D eigenvalue weighted by molar-refractivity contribution is 4.67. The summed E-state index contributed by atoms with van der Waals surface area (Å²) in [5, 5.41) is 0. The summed E-state index contributed by atoms with van der Waals surface area (Å²) in [7, 11) is 1.84. The summed E-state index contributed by atoms with van der Waals surface area (Å²) in [6.45, 7) is 6.73. The van der Waals surface area contributed by atoms with Crippen molar-refractivity contribution in [1.82, 2.24) is 0 Å². The number of hydrogen-bond donors (Lipinski definition) is 0. The zero-order chi connectivity index (χ0) is 9.40. The van der Waals surface area contributed by atoms with Crippen LogP contribution in [0.5, 0.6) is 0 Å². The van der Waals surface area contributed by atoms with Gasteiger partial charge in [-0.25, -0.2) is 0 Å². The molecule has 0 fully saturated rings. The minimum atomic E-state index is 0.488. The third kappa shape index (κ3) is 4.10. The van der Waals surface area contributed by atoms with Crippen molar-refractivity contribution in [2.45, 2.75) is 59.0 Å². The van der Waals surface area contributed by atoms with Gasteiger partial charge in [0, 0.05) is 7.11 Å². The number of rotatable bonds is 7. The molecule has 0 saturated heterocycles. The van der Waals surface area contributed by atoms with E-state index in [0.29, 0.717) is 6.10 Å². The molecule has 0 aliphatic heterocycles. The maximum absolute atomic E-state index is 5.45. The van der Waals surface area contributed by atoms with Gasteiger partial charge in [0.05, 0.1) is 6.10 Å². The fraction of sp³-hybridized carbons (Fsp3) is 1.00. The normalized spacial score (nSPS) is 16.0. The molecular weight excluding hydrogens is 148 g/mol. The molecule has 0 radical (unpaired) electrons. The number of unbranched alkanes of at least 4 members (excludes halogenated alkanes) is 1. The van der Waals surface area contributed by atoms with Gasteiger partial charge in [-0.2, -0.15) is 0 Å². The number of ether oxygens (including phenoxy) is 1. The SMILES string of the molecule is CCCCC(CC)C(CC)OC. The summed E-state index contributed by atoms with van der Waals surface area (Å²) in [6, 6.07) is 0. The molecular formula is C11H24O. The van der Waals surface area contributed by atoms with Crippen LogP contribution in [0.1, 0.15) is 52.9 Å². The highest BCUT2D eigenvalue weighted by Gasteiger charge is 2.16. The Kier molecular flexibility index (Phi) is 7.58. The summed E-state index contributed by atoms with van der Waals surface area (Å²) in [6.07, 6.45) is 6.88. The van der Waals surface area contributed by atoms with Crippen molar-refractivity contribution in [1.29, 1.82) is 0 Å². The van der Waals surface area contributed by atoms with Crippen LogP contribution in [-0.2, 0) is 4.74 Å². The molecule has 0 heterocycles. The zero-order valence-corrected chi connectivity index (χ0v) is 9.10. The zero-order valence-electron chi connectivity index (χ0n) is 9.10. The van der Waals surface area contributed by atoms with E-state index < -0.39 is 0 Å². The quantitative estimate of drug-likeness (QED) is 0.570. The molecule has 0 rings (SSSR count). The molecule has 1 heteroatoms. The average molecular weight is 172 g/mol. The smallest absolute Gasteiger partial charge is 0.0596 e. The molecule has 0 aromatic heterocycles. The molecule has 0 saturated carbocycles. The Morgan fingerprint density at radius 2 is 1.75 bits per heavy atom. The van der Waals surface area contributed by atoms with Crippen molar-refractivity contribution in [3.05, 3.63) is 0 Å². The first kappa shape index (κ1) is 12.0. The van der Waals surface area contributed by atoms with E-state index >= 15 is 0 Å². The van der Waals surface area contributed by atoms with Gasteiger partial charge >= 0.3 is 0 Å². The Bertz CT molecular complexity index is 87.0. The topological polar surface area (TPSA) is 9.23 Å². The molecule has 2 atom stereocenters. The van der Waals surface area contributed by atoms with E-state index in [1.807, 2.05) is 7.11 Å². The van der Waals surface area contributed by atoms with Crippen LogP contribution in [0.3, 0.4) is 0 Å². The average Bonchev–Trinajstić information content (AvgIpc) is 2.12. The van der Waals surface area contributed by atoms with Crippen LogP contribution in [-0.4, -0.2) is 13.2 Å². The standard InChI is InChI=1S/C11H24O/c1-5-8-9-10(6-2)11(7-3)12-4/h10-11H,5-9H2,1-4H3. The molecule has 0 aromatic rings. The molecule has 74 valence electrons. The van der Waals surface area contributed by atoms with E-state index in [1.54, 1.807) is 0 Å². The molecule has 0 aromatic carbocycles. The lowest BCUT2D eigenvalue weighted by Crippen LogP contribution is -2.21. The lowest BCUT2D eigenvalue weighted by atomic mass is 9.92. The minimum absolute atomic E-state index is 0.488. The van der Waals surface area contributed by atoms with Gasteiger partial charge in [0.15, 0.2) is 0 Å². The van der Waals surface area contributed by atoms with Crippen LogP contribution < -0.4 is 0 Å². The van der Waals surface area contributed by atoms with Crippen molar-refractivity contribution in [2.75, 3.05) is 7.11 Å². The van der Waals surface area contributed by atoms with Crippen LogP contribution in [0.25, 0.3) is 0 Å². The second kappa shape index (κ2) is 7.60. The molecule has 1 nitrogen and oxygen atoms in total. The summed E-state index contributed by atoms with van der Waals surface area (Å²) in [4.78, 5) is 0. The maximum atomic E-state index is 5.45. The Morgan fingerprint density at radius 1 is 1.08 bits per heavy atom. The first-order valence-corrected chi connectivity index (χ1v) is 5.32. The molecule has 0 aliphatic carbocycles. The highest BCUT2D eigenvalue weighted by Crippen LogP contribution is 2.20. The number of methoxy groups -OCH3 is 1. The minimum Gasteiger partial charge on any atom is -0.381 e. The van der Waals surface area contributed by atoms with E-state index in [1.165, 1.54) is 25.7 Å². The summed E-state index contributed by atoms with van der Waals surface area (Å²) in [5.74, 6) is 0.778. The van der Waals surface area contributed by atoms with Crippen molar-refractivity contribution < 1.29 is 4.74 Å². The summed E-state index contributed by atoms with van der Waals surface area (Å²) >= 11 is 0. The molecule has 0 N–H and O–H groups in total. The van der Waals surface area contributed by atoms with Gasteiger partial charge in [0.25, 0.3) is 0 Å². The van der Waals surface area contributed by atoms with Gasteiger partial charge in [-0.15, -0.1) is 0 Å². The van der Waals surface area contributed by atoms with E-state index in [4.69, 9.17) is 4.74 Å². The fourth-order valence-corrected chi connectivity index (χ4v) is 1.81. The van der Waals surface area contributed by atoms with E-state index in [0.717, 1.165) is 12.3 Å². The number of hydrogen-bond acceptors (Lipinski definition) is 1. The summed E-state index contributed by atoms with van der Waals surface area (Å²) < 4.78 is 5.45. The molecule has 12 heavy (non-hydrogen) atoms. The van der Waals surface area contributed by atoms with Crippen LogP contribution in [0.2, 0.25) is 0 Å². The summed E-state index contributed by atoms with van der Waals surface area (Å²) in [5.41, 5.74) is 0.